The summed E-state index contributed by atoms with van der Waals surface area (Å²) in [5.74, 6) is 3.14. The van der Waals surface area contributed by atoms with E-state index in [0.717, 1.165) is 37.0 Å². The Morgan fingerprint density at radius 3 is 1.61 bits per heavy atom. The summed E-state index contributed by atoms with van der Waals surface area (Å²) in [6.07, 6.45) is 8.66. The monoisotopic (exact) mass is 334 g/mol. The minimum absolute atomic E-state index is 0.304. The van der Waals surface area contributed by atoms with Crippen LogP contribution in [0.3, 0.4) is 0 Å². The number of rotatable bonds is 7. The number of aliphatic hydroxyl groups excluding tert-OH is 1. The molecule has 1 nitrogen and oxygen atoms in total. The molecule has 0 amide bonds. The molecule has 2 fully saturated rings. The van der Waals surface area contributed by atoms with Crippen LogP contribution >= 0.6 is 0 Å². The second-order valence-corrected chi connectivity index (χ2v) is 7.93. The van der Waals surface area contributed by atoms with Crippen LogP contribution in [0, 0.1) is 23.7 Å². The largest absolute Gasteiger partial charge is 0.396 e. The van der Waals surface area contributed by atoms with E-state index in [1.807, 2.05) is 0 Å². The summed E-state index contributed by atoms with van der Waals surface area (Å²) in [7, 11) is 0. The summed E-state index contributed by atoms with van der Waals surface area (Å²) >= 11 is 0. The molecule has 4 heteroatoms. The van der Waals surface area contributed by atoms with Crippen molar-refractivity contribution in [2.75, 3.05) is 6.61 Å². The first kappa shape index (κ1) is 19.1. The Morgan fingerprint density at radius 2 is 1.17 bits per heavy atom. The van der Waals surface area contributed by atoms with Crippen LogP contribution in [0.1, 0.15) is 83.5 Å². The van der Waals surface area contributed by atoms with E-state index in [2.05, 4.69) is 0 Å². The molecule has 0 atom stereocenters. The summed E-state index contributed by atoms with van der Waals surface area (Å²) in [5.41, 5.74) is 0. The van der Waals surface area contributed by atoms with Crippen LogP contribution < -0.4 is 0 Å². The third-order valence-electron chi connectivity index (χ3n) is 6.31. The van der Waals surface area contributed by atoms with E-state index in [1.165, 1.54) is 51.4 Å². The Hall–Kier alpha value is -0.250. The predicted molar refractivity (Wildman–Crippen MR) is 87.1 cm³/mol. The quantitative estimate of drug-likeness (QED) is 0.557. The fraction of sp³-hybridized carbons (Fsp3) is 1.00. The van der Waals surface area contributed by atoms with Crippen LogP contribution in [0.25, 0.3) is 0 Å². The number of hydrogen-bond donors (Lipinski definition) is 1. The Labute approximate surface area is 139 Å². The molecule has 2 saturated carbocycles. The van der Waals surface area contributed by atoms with Crippen molar-refractivity contribution in [3.63, 3.8) is 0 Å². The minimum Gasteiger partial charge on any atom is -0.396 e. The zero-order valence-corrected chi connectivity index (χ0v) is 14.3. The van der Waals surface area contributed by atoms with Gasteiger partial charge in [-0.2, -0.15) is 13.2 Å². The molecule has 0 radical (unpaired) electrons. The van der Waals surface area contributed by atoms with Crippen molar-refractivity contribution in [3.05, 3.63) is 0 Å². The lowest BCUT2D eigenvalue weighted by molar-refractivity contribution is -0.135. The van der Waals surface area contributed by atoms with E-state index in [1.54, 1.807) is 0 Å². The number of hydrogen-bond acceptors (Lipinski definition) is 1. The van der Waals surface area contributed by atoms with Gasteiger partial charge in [0.25, 0.3) is 0 Å². The molecule has 2 aliphatic carbocycles. The molecule has 2 rings (SSSR count). The average Bonchev–Trinajstić information content (AvgIpc) is 2.52. The SMILES string of the molecule is OCCC1CCC(C2CCC(CCCCC(F)(F)F)CC2)CC1. The van der Waals surface area contributed by atoms with Crippen LogP contribution in [-0.2, 0) is 0 Å². The molecule has 1 N–H and O–H groups in total. The first-order chi connectivity index (χ1) is 11.0. The third kappa shape index (κ3) is 7.03. The minimum atomic E-state index is -3.98. The van der Waals surface area contributed by atoms with Gasteiger partial charge in [-0.3, -0.25) is 0 Å². The van der Waals surface area contributed by atoms with Gasteiger partial charge in [0, 0.05) is 13.0 Å². The molecule has 0 unspecified atom stereocenters. The predicted octanol–water partition coefficient (Wildman–Crippen LogP) is 6.10. The van der Waals surface area contributed by atoms with Crippen molar-refractivity contribution in [2.45, 2.75) is 89.6 Å². The second kappa shape index (κ2) is 9.29. The Balaban J connectivity index is 1.57. The first-order valence-electron chi connectivity index (χ1n) is 9.65. The van der Waals surface area contributed by atoms with Crippen molar-refractivity contribution in [2.24, 2.45) is 23.7 Å². The number of unbranched alkanes of at least 4 members (excludes halogenated alkanes) is 1. The van der Waals surface area contributed by atoms with Crippen molar-refractivity contribution in [1.29, 1.82) is 0 Å². The summed E-state index contributed by atoms with van der Waals surface area (Å²) in [4.78, 5) is 0. The van der Waals surface area contributed by atoms with Crippen molar-refractivity contribution < 1.29 is 18.3 Å². The van der Waals surface area contributed by atoms with Crippen LogP contribution in [0.15, 0.2) is 0 Å². The third-order valence-corrected chi connectivity index (χ3v) is 6.31. The molecule has 0 saturated heterocycles. The van der Waals surface area contributed by atoms with Crippen LogP contribution in [0.4, 0.5) is 13.2 Å². The zero-order chi connectivity index (χ0) is 16.7. The standard InChI is InChI=1S/C19H33F3O/c20-19(21,22)13-2-1-3-15-4-8-17(9-5-15)18-10-6-16(7-11-18)12-14-23/h15-18,23H,1-14H2. The van der Waals surface area contributed by atoms with E-state index >= 15 is 0 Å². The van der Waals surface area contributed by atoms with Gasteiger partial charge in [0.15, 0.2) is 0 Å². The van der Waals surface area contributed by atoms with Crippen LogP contribution in [0.2, 0.25) is 0 Å². The molecular weight excluding hydrogens is 301 g/mol. The highest BCUT2D eigenvalue weighted by atomic mass is 19.4. The zero-order valence-electron chi connectivity index (χ0n) is 14.3. The fourth-order valence-corrected chi connectivity index (χ4v) is 4.84. The second-order valence-electron chi connectivity index (χ2n) is 7.93. The lowest BCUT2D eigenvalue weighted by atomic mass is 9.68. The maximum absolute atomic E-state index is 12.1. The maximum Gasteiger partial charge on any atom is 0.389 e. The lowest BCUT2D eigenvalue weighted by Crippen LogP contribution is -2.26. The van der Waals surface area contributed by atoms with Gasteiger partial charge in [-0.15, -0.1) is 0 Å². The molecule has 0 heterocycles. The summed E-state index contributed by atoms with van der Waals surface area (Å²) in [6.45, 7) is 0.328. The normalized spacial score (nSPS) is 32.9. The smallest absolute Gasteiger partial charge is 0.389 e. The van der Waals surface area contributed by atoms with Gasteiger partial charge in [0.2, 0.25) is 0 Å². The van der Waals surface area contributed by atoms with E-state index < -0.39 is 12.6 Å². The van der Waals surface area contributed by atoms with Gasteiger partial charge in [-0.1, -0.05) is 38.5 Å². The summed E-state index contributed by atoms with van der Waals surface area (Å²) in [6, 6.07) is 0. The van der Waals surface area contributed by atoms with E-state index in [0.29, 0.717) is 18.9 Å². The molecule has 0 aromatic carbocycles. The molecule has 0 aromatic rings. The van der Waals surface area contributed by atoms with Crippen LogP contribution in [0.5, 0.6) is 0 Å². The van der Waals surface area contributed by atoms with Gasteiger partial charge in [-0.25, -0.2) is 0 Å². The van der Waals surface area contributed by atoms with Gasteiger partial charge in [0.05, 0.1) is 0 Å². The summed E-state index contributed by atoms with van der Waals surface area (Å²) in [5, 5.41) is 9.03. The lowest BCUT2D eigenvalue weighted by Gasteiger charge is -2.38. The molecular formula is C19H33F3O. The Bertz CT molecular complexity index is 313. The van der Waals surface area contributed by atoms with Crippen molar-refractivity contribution in [1.82, 2.24) is 0 Å². The average molecular weight is 334 g/mol. The van der Waals surface area contributed by atoms with E-state index in [9.17, 15) is 13.2 Å². The fourth-order valence-electron chi connectivity index (χ4n) is 4.84. The number of alkyl halides is 3. The Morgan fingerprint density at radius 1 is 0.696 bits per heavy atom. The van der Waals surface area contributed by atoms with Crippen molar-refractivity contribution >= 4 is 0 Å². The number of aliphatic hydroxyl groups is 1. The highest BCUT2D eigenvalue weighted by molar-refractivity contribution is 4.82. The number of halogens is 3. The van der Waals surface area contributed by atoms with Gasteiger partial charge >= 0.3 is 6.18 Å². The molecule has 23 heavy (non-hydrogen) atoms. The Kier molecular flexibility index (Phi) is 7.71. The first-order valence-corrected chi connectivity index (χ1v) is 9.65. The molecule has 2 aliphatic rings. The van der Waals surface area contributed by atoms with Gasteiger partial charge in [-0.05, 0) is 62.2 Å². The van der Waals surface area contributed by atoms with E-state index in [4.69, 9.17) is 5.11 Å². The van der Waals surface area contributed by atoms with Gasteiger partial charge in [0.1, 0.15) is 0 Å². The topological polar surface area (TPSA) is 20.2 Å². The van der Waals surface area contributed by atoms with Gasteiger partial charge < -0.3 is 5.11 Å². The molecule has 0 bridgehead atoms. The van der Waals surface area contributed by atoms with Crippen LogP contribution in [-0.4, -0.2) is 17.9 Å². The molecule has 0 aromatic heterocycles. The summed E-state index contributed by atoms with van der Waals surface area (Å²) < 4.78 is 36.4. The van der Waals surface area contributed by atoms with Crippen molar-refractivity contribution in [3.8, 4) is 0 Å². The highest BCUT2D eigenvalue weighted by Crippen LogP contribution is 2.42. The molecule has 0 aliphatic heterocycles. The highest BCUT2D eigenvalue weighted by Gasteiger charge is 2.31. The molecule has 136 valence electrons. The van der Waals surface area contributed by atoms with E-state index in [-0.39, 0.29) is 0 Å². The molecule has 0 spiro atoms. The maximum atomic E-state index is 12.1.